The summed E-state index contributed by atoms with van der Waals surface area (Å²) in [4.78, 5) is 11.5. The SMILES string of the molecule is Cc1ccccc1OCCNC(=O)C1CCC1. The Morgan fingerprint density at radius 3 is 2.82 bits per heavy atom. The molecular formula is C14H19NO2. The van der Waals surface area contributed by atoms with Gasteiger partial charge in [0, 0.05) is 5.92 Å². The second kappa shape index (κ2) is 5.71. The van der Waals surface area contributed by atoms with Gasteiger partial charge in [-0.2, -0.15) is 0 Å². The number of aryl methyl sites for hydroxylation is 1. The molecule has 1 N–H and O–H groups in total. The molecule has 3 heteroatoms. The van der Waals surface area contributed by atoms with Crippen LogP contribution in [0.2, 0.25) is 0 Å². The average molecular weight is 233 g/mol. The molecule has 0 atom stereocenters. The van der Waals surface area contributed by atoms with Crippen molar-refractivity contribution in [3.05, 3.63) is 29.8 Å². The second-order valence-corrected chi connectivity index (χ2v) is 4.53. The van der Waals surface area contributed by atoms with E-state index in [1.54, 1.807) is 0 Å². The van der Waals surface area contributed by atoms with Crippen molar-refractivity contribution < 1.29 is 9.53 Å². The van der Waals surface area contributed by atoms with Crippen molar-refractivity contribution in [2.24, 2.45) is 5.92 Å². The van der Waals surface area contributed by atoms with Crippen LogP contribution in [-0.2, 0) is 4.79 Å². The van der Waals surface area contributed by atoms with E-state index in [1.165, 1.54) is 6.42 Å². The fraction of sp³-hybridized carbons (Fsp3) is 0.500. The number of nitrogens with one attached hydrogen (secondary N) is 1. The number of ether oxygens (including phenoxy) is 1. The molecule has 1 aliphatic rings. The van der Waals surface area contributed by atoms with E-state index in [-0.39, 0.29) is 11.8 Å². The molecular weight excluding hydrogens is 214 g/mol. The first-order valence-electron chi connectivity index (χ1n) is 6.23. The number of rotatable bonds is 5. The number of amides is 1. The predicted molar refractivity (Wildman–Crippen MR) is 67.0 cm³/mol. The van der Waals surface area contributed by atoms with E-state index in [1.807, 2.05) is 31.2 Å². The highest BCUT2D eigenvalue weighted by molar-refractivity contribution is 5.79. The Bertz CT molecular complexity index is 386. The summed E-state index contributed by atoms with van der Waals surface area (Å²) < 4.78 is 5.60. The van der Waals surface area contributed by atoms with Gasteiger partial charge in [0.1, 0.15) is 12.4 Å². The molecule has 0 saturated heterocycles. The molecule has 1 aliphatic carbocycles. The van der Waals surface area contributed by atoms with Crippen molar-refractivity contribution in [3.8, 4) is 5.75 Å². The highest BCUT2D eigenvalue weighted by Gasteiger charge is 2.24. The molecule has 0 radical (unpaired) electrons. The highest BCUT2D eigenvalue weighted by atomic mass is 16.5. The molecule has 1 aromatic carbocycles. The van der Waals surface area contributed by atoms with E-state index in [0.717, 1.165) is 24.2 Å². The van der Waals surface area contributed by atoms with Gasteiger partial charge >= 0.3 is 0 Å². The van der Waals surface area contributed by atoms with Gasteiger partial charge in [0.15, 0.2) is 0 Å². The maximum atomic E-state index is 11.5. The first-order chi connectivity index (χ1) is 8.27. The largest absolute Gasteiger partial charge is 0.491 e. The van der Waals surface area contributed by atoms with Crippen LogP contribution in [0.1, 0.15) is 24.8 Å². The Morgan fingerprint density at radius 2 is 2.18 bits per heavy atom. The standard InChI is InChI=1S/C14H19NO2/c1-11-5-2-3-8-13(11)17-10-9-15-14(16)12-6-4-7-12/h2-3,5,8,12H,4,6-7,9-10H2,1H3,(H,15,16). The summed E-state index contributed by atoms with van der Waals surface area (Å²) in [5, 5.41) is 2.91. The van der Waals surface area contributed by atoms with Crippen LogP contribution in [0.25, 0.3) is 0 Å². The molecule has 3 nitrogen and oxygen atoms in total. The lowest BCUT2D eigenvalue weighted by molar-refractivity contribution is -0.127. The lowest BCUT2D eigenvalue weighted by atomic mass is 9.85. The third kappa shape index (κ3) is 3.22. The van der Waals surface area contributed by atoms with E-state index < -0.39 is 0 Å². The van der Waals surface area contributed by atoms with Crippen molar-refractivity contribution in [1.29, 1.82) is 0 Å². The van der Waals surface area contributed by atoms with E-state index >= 15 is 0 Å². The maximum Gasteiger partial charge on any atom is 0.223 e. The van der Waals surface area contributed by atoms with Crippen molar-refractivity contribution in [1.82, 2.24) is 5.32 Å². The van der Waals surface area contributed by atoms with E-state index in [0.29, 0.717) is 13.2 Å². The molecule has 17 heavy (non-hydrogen) atoms. The Balaban J connectivity index is 1.66. The summed E-state index contributed by atoms with van der Waals surface area (Å²) in [5.41, 5.74) is 1.12. The van der Waals surface area contributed by atoms with Crippen LogP contribution in [0.4, 0.5) is 0 Å². The van der Waals surface area contributed by atoms with Gasteiger partial charge in [0.2, 0.25) is 5.91 Å². The monoisotopic (exact) mass is 233 g/mol. The Hall–Kier alpha value is -1.51. The first kappa shape index (κ1) is 12.0. The van der Waals surface area contributed by atoms with Crippen LogP contribution in [0, 0.1) is 12.8 Å². The summed E-state index contributed by atoms with van der Waals surface area (Å²) in [5.74, 6) is 1.34. The van der Waals surface area contributed by atoms with E-state index in [4.69, 9.17) is 4.74 Å². The minimum Gasteiger partial charge on any atom is -0.491 e. The molecule has 1 amide bonds. The van der Waals surface area contributed by atoms with Gasteiger partial charge < -0.3 is 10.1 Å². The van der Waals surface area contributed by atoms with E-state index in [2.05, 4.69) is 5.32 Å². The van der Waals surface area contributed by atoms with Crippen molar-refractivity contribution in [2.75, 3.05) is 13.2 Å². The van der Waals surface area contributed by atoms with Gasteiger partial charge in [0.25, 0.3) is 0 Å². The van der Waals surface area contributed by atoms with Crippen molar-refractivity contribution in [3.63, 3.8) is 0 Å². The second-order valence-electron chi connectivity index (χ2n) is 4.53. The fourth-order valence-electron chi connectivity index (χ4n) is 1.87. The lowest BCUT2D eigenvalue weighted by Crippen LogP contribution is -2.36. The van der Waals surface area contributed by atoms with Gasteiger partial charge in [-0.25, -0.2) is 0 Å². The van der Waals surface area contributed by atoms with Crippen molar-refractivity contribution in [2.45, 2.75) is 26.2 Å². The molecule has 1 fully saturated rings. The lowest BCUT2D eigenvalue weighted by Gasteiger charge is -2.24. The first-order valence-corrected chi connectivity index (χ1v) is 6.23. The van der Waals surface area contributed by atoms with Crippen LogP contribution in [-0.4, -0.2) is 19.1 Å². The quantitative estimate of drug-likeness (QED) is 0.792. The highest BCUT2D eigenvalue weighted by Crippen LogP contribution is 2.26. The van der Waals surface area contributed by atoms with Gasteiger partial charge in [-0.05, 0) is 31.4 Å². The van der Waals surface area contributed by atoms with Gasteiger partial charge in [-0.3, -0.25) is 4.79 Å². The Morgan fingerprint density at radius 1 is 1.41 bits per heavy atom. The number of hydrogen-bond acceptors (Lipinski definition) is 2. The van der Waals surface area contributed by atoms with E-state index in [9.17, 15) is 4.79 Å². The summed E-state index contributed by atoms with van der Waals surface area (Å²) in [7, 11) is 0. The van der Waals surface area contributed by atoms with Gasteiger partial charge in [-0.15, -0.1) is 0 Å². The van der Waals surface area contributed by atoms with Crippen molar-refractivity contribution >= 4 is 5.91 Å². The molecule has 0 bridgehead atoms. The fourth-order valence-corrected chi connectivity index (χ4v) is 1.87. The summed E-state index contributed by atoms with van der Waals surface area (Å²) in [6, 6.07) is 7.90. The molecule has 1 aromatic rings. The van der Waals surface area contributed by atoms with Gasteiger partial charge in [0.05, 0.1) is 6.54 Å². The zero-order valence-electron chi connectivity index (χ0n) is 10.2. The van der Waals surface area contributed by atoms with Gasteiger partial charge in [-0.1, -0.05) is 24.6 Å². The zero-order chi connectivity index (χ0) is 12.1. The predicted octanol–water partition coefficient (Wildman–Crippen LogP) is 2.29. The molecule has 1 saturated carbocycles. The summed E-state index contributed by atoms with van der Waals surface area (Å²) in [6.45, 7) is 3.13. The average Bonchev–Trinajstić information content (AvgIpc) is 2.24. The normalized spacial score (nSPS) is 15.1. The van der Waals surface area contributed by atoms with Crippen LogP contribution in [0.3, 0.4) is 0 Å². The van der Waals surface area contributed by atoms with Crippen LogP contribution < -0.4 is 10.1 Å². The van der Waals surface area contributed by atoms with Crippen LogP contribution >= 0.6 is 0 Å². The third-order valence-electron chi connectivity index (χ3n) is 3.23. The Kier molecular flexibility index (Phi) is 4.02. The minimum atomic E-state index is 0.185. The summed E-state index contributed by atoms with van der Waals surface area (Å²) >= 11 is 0. The number of carbonyl (C=O) groups is 1. The topological polar surface area (TPSA) is 38.3 Å². The molecule has 0 aliphatic heterocycles. The molecule has 0 heterocycles. The summed E-state index contributed by atoms with van der Waals surface area (Å²) in [6.07, 6.45) is 3.28. The number of hydrogen-bond donors (Lipinski definition) is 1. The van der Waals surface area contributed by atoms with Crippen LogP contribution in [0.5, 0.6) is 5.75 Å². The smallest absolute Gasteiger partial charge is 0.223 e. The molecule has 0 aromatic heterocycles. The zero-order valence-corrected chi connectivity index (χ0v) is 10.2. The number of benzene rings is 1. The molecule has 0 spiro atoms. The Labute approximate surface area is 102 Å². The number of carbonyl (C=O) groups excluding carboxylic acids is 1. The van der Waals surface area contributed by atoms with Crippen LogP contribution in [0.15, 0.2) is 24.3 Å². The molecule has 92 valence electrons. The minimum absolute atomic E-state index is 0.185. The number of para-hydroxylation sites is 1. The third-order valence-corrected chi connectivity index (χ3v) is 3.23. The molecule has 0 unspecified atom stereocenters. The molecule has 2 rings (SSSR count). The maximum absolute atomic E-state index is 11.5.